The highest BCUT2D eigenvalue weighted by Crippen LogP contribution is 2.45. The SMILES string of the molecule is CCCCC/C=C\C/C=C\C/C=C\C/C=C\CCCC(=O)O[C@H](COC(=O)CCCCCCCCCCCCCCC)COP(=O)(O)OC[C@H](O)COP(=O)(O)OC[C@@H](COC(=O)CCCCCCC/C=C\CCCCCC)OC(=O)CCCCCCC/C=C\C=C/CCCCCC. The Hall–Kier alpha value is -3.76. The van der Waals surface area contributed by atoms with Gasteiger partial charge in [-0.1, -0.05) is 280 Å². The lowest BCUT2D eigenvalue weighted by molar-refractivity contribution is -0.161. The third kappa shape index (κ3) is 70.7. The van der Waals surface area contributed by atoms with Crippen molar-refractivity contribution in [1.82, 2.24) is 0 Å². The fourth-order valence-corrected chi connectivity index (χ4v) is 12.0. The van der Waals surface area contributed by atoms with Crippen LogP contribution in [0, 0.1) is 0 Å². The van der Waals surface area contributed by atoms with Crippen molar-refractivity contribution in [2.24, 2.45) is 0 Å². The van der Waals surface area contributed by atoms with Gasteiger partial charge in [-0.25, -0.2) is 9.13 Å². The summed E-state index contributed by atoms with van der Waals surface area (Å²) >= 11 is 0. The van der Waals surface area contributed by atoms with Gasteiger partial charge >= 0.3 is 39.5 Å². The van der Waals surface area contributed by atoms with Crippen LogP contribution >= 0.6 is 15.6 Å². The summed E-state index contributed by atoms with van der Waals surface area (Å²) < 4.78 is 68.4. The molecule has 0 aromatic carbocycles. The number of unbranched alkanes of at least 4 members (excludes halogenated alkanes) is 34. The van der Waals surface area contributed by atoms with Gasteiger partial charge < -0.3 is 33.8 Å². The third-order valence-electron chi connectivity index (χ3n) is 16.4. The smallest absolute Gasteiger partial charge is 0.462 e. The van der Waals surface area contributed by atoms with E-state index >= 15 is 0 Å². The number of carbonyl (C=O) groups excluding carboxylic acids is 4. The lowest BCUT2D eigenvalue weighted by Crippen LogP contribution is -2.30. The number of phosphoric ester groups is 2. The molecule has 0 rings (SSSR count). The summed E-state index contributed by atoms with van der Waals surface area (Å²) in [6.07, 6.45) is 72.9. The molecule has 0 amide bonds. The second-order valence-electron chi connectivity index (χ2n) is 26.0. The Morgan fingerprint density at radius 3 is 0.908 bits per heavy atom. The number of rotatable bonds is 73. The minimum atomic E-state index is -4.99. The normalized spacial score (nSPS) is 14.4. The number of allylic oxidation sites excluding steroid dienone is 14. The molecule has 0 aromatic heterocycles. The van der Waals surface area contributed by atoms with E-state index in [1.165, 1.54) is 128 Å². The van der Waals surface area contributed by atoms with E-state index in [-0.39, 0.29) is 25.7 Å². The first-order valence-corrected chi connectivity index (χ1v) is 41.8. The number of esters is 4. The molecule has 0 saturated carbocycles. The maximum absolute atomic E-state index is 13.1. The molecular weight excluding hydrogens is 1280 g/mol. The van der Waals surface area contributed by atoms with Crippen LogP contribution in [0.25, 0.3) is 0 Å². The van der Waals surface area contributed by atoms with Crippen LogP contribution in [0.2, 0.25) is 0 Å². The number of carbonyl (C=O) groups is 4. The summed E-state index contributed by atoms with van der Waals surface area (Å²) in [5.41, 5.74) is 0. The van der Waals surface area contributed by atoms with Crippen molar-refractivity contribution >= 4 is 39.5 Å². The summed E-state index contributed by atoms with van der Waals surface area (Å²) in [4.78, 5) is 72.8. The first-order valence-electron chi connectivity index (χ1n) is 38.8. The van der Waals surface area contributed by atoms with Gasteiger partial charge in [-0.15, -0.1) is 0 Å². The maximum Gasteiger partial charge on any atom is 0.472 e. The molecule has 0 aromatic rings. The summed E-state index contributed by atoms with van der Waals surface area (Å²) in [5.74, 6) is -2.25. The number of phosphoric acid groups is 2. The van der Waals surface area contributed by atoms with Gasteiger partial charge in [-0.05, 0) is 116 Å². The average molecular weight is 1420 g/mol. The Morgan fingerprint density at radius 2 is 0.541 bits per heavy atom. The number of hydrogen-bond acceptors (Lipinski definition) is 15. The molecule has 98 heavy (non-hydrogen) atoms. The zero-order valence-electron chi connectivity index (χ0n) is 62.0. The van der Waals surface area contributed by atoms with Gasteiger partial charge in [0.2, 0.25) is 0 Å². The maximum atomic E-state index is 13.1. The zero-order chi connectivity index (χ0) is 71.8. The lowest BCUT2D eigenvalue weighted by Gasteiger charge is -2.21. The predicted molar refractivity (Wildman–Crippen MR) is 399 cm³/mol. The molecule has 0 heterocycles. The fourth-order valence-electron chi connectivity index (χ4n) is 10.4. The summed E-state index contributed by atoms with van der Waals surface area (Å²) in [6, 6.07) is 0. The Labute approximate surface area is 595 Å². The topological polar surface area (TPSA) is 237 Å². The summed E-state index contributed by atoms with van der Waals surface area (Å²) in [5, 5.41) is 10.6. The van der Waals surface area contributed by atoms with E-state index < -0.39 is 97.5 Å². The van der Waals surface area contributed by atoms with E-state index in [1.807, 2.05) is 12.2 Å². The Morgan fingerprint density at radius 1 is 0.296 bits per heavy atom. The van der Waals surface area contributed by atoms with Crippen LogP contribution in [-0.2, 0) is 65.4 Å². The van der Waals surface area contributed by atoms with Gasteiger partial charge in [0.25, 0.3) is 0 Å². The van der Waals surface area contributed by atoms with Crippen molar-refractivity contribution < 1.29 is 80.2 Å². The molecular formula is C79H140O17P2. The van der Waals surface area contributed by atoms with E-state index in [9.17, 15) is 43.2 Å². The van der Waals surface area contributed by atoms with E-state index in [0.29, 0.717) is 32.1 Å². The summed E-state index contributed by atoms with van der Waals surface area (Å²) in [6.45, 7) is 4.75. The molecule has 2 unspecified atom stereocenters. The van der Waals surface area contributed by atoms with Crippen molar-refractivity contribution in [3.63, 3.8) is 0 Å². The lowest BCUT2D eigenvalue weighted by atomic mass is 10.0. The second-order valence-corrected chi connectivity index (χ2v) is 28.9. The van der Waals surface area contributed by atoms with Crippen molar-refractivity contribution in [3.8, 4) is 0 Å². The van der Waals surface area contributed by atoms with Crippen LogP contribution < -0.4 is 0 Å². The second kappa shape index (κ2) is 71.6. The van der Waals surface area contributed by atoms with Crippen LogP contribution in [0.5, 0.6) is 0 Å². The number of aliphatic hydroxyl groups excluding tert-OH is 1. The van der Waals surface area contributed by atoms with E-state index in [2.05, 4.69) is 101 Å². The predicted octanol–water partition coefficient (Wildman–Crippen LogP) is 22.2. The highest BCUT2D eigenvalue weighted by molar-refractivity contribution is 7.47. The van der Waals surface area contributed by atoms with Gasteiger partial charge in [0.05, 0.1) is 26.4 Å². The van der Waals surface area contributed by atoms with Crippen molar-refractivity contribution in [1.29, 1.82) is 0 Å². The fraction of sp³-hybridized carbons (Fsp3) is 0.772. The van der Waals surface area contributed by atoms with E-state index in [0.717, 1.165) is 122 Å². The average Bonchev–Trinajstić information content (AvgIpc) is 1.05. The molecule has 568 valence electrons. The zero-order valence-corrected chi connectivity index (χ0v) is 63.7. The molecule has 0 aliphatic rings. The van der Waals surface area contributed by atoms with Crippen LogP contribution in [-0.4, -0.2) is 96.7 Å². The molecule has 0 aliphatic heterocycles. The standard InChI is InChI=1S/C79H140O17P2/c1-5-9-13-17-21-25-29-33-35-36-38-42-46-50-54-58-62-66-79(84)96-75(70-90-77(82)64-60-56-52-48-44-40-32-28-24-20-16-12-8-4)72-94-98(87,88)92-68-73(80)67-91-97(85,86)93-71-74(69-89-76(81)63-59-55-51-47-43-39-31-27-23-19-15-11-7-3)95-78(83)65-61-57-53-49-45-41-37-34-30-26-22-18-14-10-6-2/h21,25-27,30-31,33-35,37-38,42,50,54,73-75,80H,5-20,22-24,28-29,32,36,39-41,43-49,51-53,55-72H2,1-4H3,(H,85,86)(H,87,88)/b25-21-,30-26-,31-27-,35-33-,37-34-,42-38-,54-50-/t73-,74-,75-/m1/s1. The molecule has 0 saturated heterocycles. The molecule has 19 heteroatoms. The van der Waals surface area contributed by atoms with E-state index in [1.54, 1.807) is 0 Å². The molecule has 0 fully saturated rings. The molecule has 3 N–H and O–H groups in total. The Bertz CT molecular complexity index is 2190. The highest BCUT2D eigenvalue weighted by Gasteiger charge is 2.30. The van der Waals surface area contributed by atoms with Gasteiger partial charge in [0.15, 0.2) is 12.2 Å². The number of hydrogen-bond donors (Lipinski definition) is 3. The highest BCUT2D eigenvalue weighted by atomic mass is 31.2. The monoisotopic (exact) mass is 1420 g/mol. The van der Waals surface area contributed by atoms with E-state index in [4.69, 9.17) is 37.0 Å². The van der Waals surface area contributed by atoms with Crippen LogP contribution in [0.1, 0.15) is 336 Å². The van der Waals surface area contributed by atoms with Gasteiger partial charge in [-0.2, -0.15) is 0 Å². The number of aliphatic hydroxyl groups is 1. The largest absolute Gasteiger partial charge is 0.472 e. The van der Waals surface area contributed by atoms with Gasteiger partial charge in [0.1, 0.15) is 19.3 Å². The van der Waals surface area contributed by atoms with Gasteiger partial charge in [0, 0.05) is 25.7 Å². The molecule has 0 spiro atoms. The first kappa shape index (κ1) is 94.2. The number of ether oxygens (including phenoxy) is 4. The minimum Gasteiger partial charge on any atom is -0.462 e. The van der Waals surface area contributed by atoms with Crippen LogP contribution in [0.3, 0.4) is 0 Å². The molecule has 0 radical (unpaired) electrons. The Kier molecular flexibility index (Phi) is 68.9. The first-order chi connectivity index (χ1) is 47.7. The van der Waals surface area contributed by atoms with Gasteiger partial charge in [-0.3, -0.25) is 37.3 Å². The molecule has 5 atom stereocenters. The Balaban J connectivity index is 5.40. The van der Waals surface area contributed by atoms with Crippen molar-refractivity contribution in [2.45, 2.75) is 354 Å². The summed E-state index contributed by atoms with van der Waals surface area (Å²) in [7, 11) is -9.96. The molecule has 0 aliphatic carbocycles. The van der Waals surface area contributed by atoms with Crippen LogP contribution in [0.15, 0.2) is 85.1 Å². The van der Waals surface area contributed by atoms with Crippen molar-refractivity contribution in [3.05, 3.63) is 85.1 Å². The molecule has 0 bridgehead atoms. The quantitative estimate of drug-likeness (QED) is 0.0128. The minimum absolute atomic E-state index is 0.0216. The molecule has 17 nitrogen and oxygen atoms in total. The van der Waals surface area contributed by atoms with Crippen molar-refractivity contribution in [2.75, 3.05) is 39.6 Å². The third-order valence-corrected chi connectivity index (χ3v) is 18.3. The van der Waals surface area contributed by atoms with Crippen LogP contribution in [0.4, 0.5) is 0 Å².